The number of rotatable bonds is 7. The average molecular weight is 325 g/mol. The van der Waals surface area contributed by atoms with Crippen molar-refractivity contribution in [1.29, 1.82) is 0 Å². The van der Waals surface area contributed by atoms with Crippen LogP contribution < -0.4 is 10.5 Å². The average Bonchev–Trinajstić information content (AvgIpc) is 2.52. The van der Waals surface area contributed by atoms with Gasteiger partial charge in [-0.05, 0) is 57.5 Å². The lowest BCUT2D eigenvalue weighted by atomic mass is 9.84. The van der Waals surface area contributed by atoms with Crippen LogP contribution in [0.15, 0.2) is 18.2 Å². The van der Waals surface area contributed by atoms with Crippen molar-refractivity contribution < 1.29 is 4.74 Å². The molecule has 0 amide bonds. The third kappa shape index (κ3) is 4.15. The van der Waals surface area contributed by atoms with Gasteiger partial charge >= 0.3 is 0 Å². The highest BCUT2D eigenvalue weighted by molar-refractivity contribution is 6.30. The fourth-order valence-electron chi connectivity index (χ4n) is 3.62. The zero-order valence-electron chi connectivity index (χ0n) is 13.9. The van der Waals surface area contributed by atoms with Crippen LogP contribution in [-0.4, -0.2) is 37.2 Å². The van der Waals surface area contributed by atoms with E-state index in [2.05, 4.69) is 11.8 Å². The summed E-state index contributed by atoms with van der Waals surface area (Å²) in [5, 5.41) is 0.759. The largest absolute Gasteiger partial charge is 0.494 e. The van der Waals surface area contributed by atoms with Gasteiger partial charge in [-0.3, -0.25) is 4.90 Å². The molecule has 0 bridgehead atoms. The summed E-state index contributed by atoms with van der Waals surface area (Å²) in [5.74, 6) is 1.22. The molecule has 2 unspecified atom stereocenters. The van der Waals surface area contributed by atoms with Crippen molar-refractivity contribution in [1.82, 2.24) is 4.90 Å². The summed E-state index contributed by atoms with van der Waals surface area (Å²) in [6, 6.07) is 6.42. The predicted octanol–water partition coefficient (Wildman–Crippen LogP) is 4.05. The van der Waals surface area contributed by atoms with Gasteiger partial charge in [0.25, 0.3) is 0 Å². The molecule has 0 spiro atoms. The minimum atomic E-state index is 0.284. The fraction of sp³-hybridized carbons (Fsp3) is 0.667. The third-order valence-corrected chi connectivity index (χ3v) is 4.80. The van der Waals surface area contributed by atoms with Gasteiger partial charge in [0.15, 0.2) is 0 Å². The Kier molecular flexibility index (Phi) is 7.00. The lowest BCUT2D eigenvalue weighted by Gasteiger charge is -2.40. The third-order valence-electron chi connectivity index (χ3n) is 4.56. The molecule has 1 aliphatic rings. The summed E-state index contributed by atoms with van der Waals surface area (Å²) in [6.45, 7) is 7.87. The Hall–Kier alpha value is -0.770. The highest BCUT2D eigenvalue weighted by Gasteiger charge is 2.31. The summed E-state index contributed by atoms with van der Waals surface area (Å²) in [6.07, 6.45) is 4.97. The number of hydrogen-bond acceptors (Lipinski definition) is 3. The predicted molar refractivity (Wildman–Crippen MR) is 93.9 cm³/mol. The number of ether oxygens (including phenoxy) is 1. The molecule has 0 aromatic heterocycles. The number of piperidine rings is 1. The zero-order valence-corrected chi connectivity index (χ0v) is 14.6. The van der Waals surface area contributed by atoms with Gasteiger partial charge in [-0.15, -0.1) is 0 Å². The second kappa shape index (κ2) is 8.76. The second-order valence-electron chi connectivity index (χ2n) is 6.06. The molecule has 1 aliphatic heterocycles. The normalized spacial score (nSPS) is 20.8. The standard InChI is InChI=1S/C18H29ClN2O/c1-3-10-21-11-6-5-7-17(21)16(13-20)15-12-14(19)8-9-18(15)22-4-2/h8-9,12,16-17H,3-7,10-11,13,20H2,1-2H3. The van der Waals surface area contributed by atoms with Crippen LogP contribution in [0.2, 0.25) is 5.02 Å². The Balaban J connectivity index is 2.31. The molecule has 1 heterocycles. The first-order chi connectivity index (χ1) is 10.7. The number of nitrogens with two attached hydrogens (primary N) is 1. The molecule has 0 saturated carbocycles. The Morgan fingerprint density at radius 1 is 1.36 bits per heavy atom. The summed E-state index contributed by atoms with van der Waals surface area (Å²) in [4.78, 5) is 2.61. The smallest absolute Gasteiger partial charge is 0.122 e. The van der Waals surface area contributed by atoms with Crippen LogP contribution in [0.1, 0.15) is 51.0 Å². The molecular weight excluding hydrogens is 296 g/mol. The van der Waals surface area contributed by atoms with Crippen LogP contribution in [0.25, 0.3) is 0 Å². The van der Waals surface area contributed by atoms with Crippen molar-refractivity contribution in [3.05, 3.63) is 28.8 Å². The van der Waals surface area contributed by atoms with Gasteiger partial charge in [0, 0.05) is 29.1 Å². The van der Waals surface area contributed by atoms with Gasteiger partial charge in [0.05, 0.1) is 6.61 Å². The zero-order chi connectivity index (χ0) is 15.9. The van der Waals surface area contributed by atoms with Crippen LogP contribution >= 0.6 is 11.6 Å². The topological polar surface area (TPSA) is 38.5 Å². The molecule has 0 radical (unpaired) electrons. The fourth-order valence-corrected chi connectivity index (χ4v) is 3.81. The van der Waals surface area contributed by atoms with Crippen molar-refractivity contribution >= 4 is 11.6 Å². The first-order valence-corrected chi connectivity index (χ1v) is 8.95. The summed E-state index contributed by atoms with van der Waals surface area (Å²) >= 11 is 6.24. The maximum absolute atomic E-state index is 6.24. The molecule has 0 aliphatic carbocycles. The highest BCUT2D eigenvalue weighted by Crippen LogP contribution is 2.36. The maximum Gasteiger partial charge on any atom is 0.122 e. The van der Waals surface area contributed by atoms with E-state index in [1.54, 1.807) is 0 Å². The van der Waals surface area contributed by atoms with E-state index < -0.39 is 0 Å². The second-order valence-corrected chi connectivity index (χ2v) is 6.49. The quantitative estimate of drug-likeness (QED) is 0.822. The highest BCUT2D eigenvalue weighted by atomic mass is 35.5. The lowest BCUT2D eigenvalue weighted by Crippen LogP contribution is -2.45. The molecule has 4 heteroatoms. The van der Waals surface area contributed by atoms with Gasteiger partial charge in [0.2, 0.25) is 0 Å². The number of halogens is 1. The Labute approximate surface area is 139 Å². The Morgan fingerprint density at radius 2 is 2.18 bits per heavy atom. The summed E-state index contributed by atoms with van der Waals surface area (Å²) in [5.41, 5.74) is 7.35. The number of hydrogen-bond donors (Lipinski definition) is 1. The van der Waals surface area contributed by atoms with E-state index in [4.69, 9.17) is 22.1 Å². The number of nitrogens with zero attached hydrogens (tertiary/aromatic N) is 1. The van der Waals surface area contributed by atoms with Gasteiger partial charge in [-0.1, -0.05) is 24.9 Å². The van der Waals surface area contributed by atoms with Crippen LogP contribution in [0.4, 0.5) is 0 Å². The molecule has 1 saturated heterocycles. The van der Waals surface area contributed by atoms with E-state index in [9.17, 15) is 0 Å². The molecule has 1 aromatic rings. The van der Waals surface area contributed by atoms with Gasteiger partial charge in [-0.25, -0.2) is 0 Å². The minimum Gasteiger partial charge on any atom is -0.494 e. The molecule has 2 rings (SSSR count). The Bertz CT molecular complexity index is 464. The molecular formula is C18H29ClN2O. The molecule has 2 atom stereocenters. The van der Waals surface area contributed by atoms with E-state index in [-0.39, 0.29) is 5.92 Å². The molecule has 3 nitrogen and oxygen atoms in total. The van der Waals surface area contributed by atoms with Crippen LogP contribution in [-0.2, 0) is 0 Å². The van der Waals surface area contributed by atoms with E-state index in [0.717, 1.165) is 17.3 Å². The first kappa shape index (κ1) is 17.6. The van der Waals surface area contributed by atoms with Gasteiger partial charge in [0.1, 0.15) is 5.75 Å². The SMILES string of the molecule is CCCN1CCCCC1C(CN)c1cc(Cl)ccc1OCC. The first-order valence-electron chi connectivity index (χ1n) is 8.57. The molecule has 124 valence electrons. The van der Waals surface area contributed by atoms with Gasteiger partial charge in [-0.2, -0.15) is 0 Å². The number of likely N-dealkylation sites (tertiary alicyclic amines) is 1. The summed E-state index contributed by atoms with van der Waals surface area (Å²) < 4.78 is 5.83. The van der Waals surface area contributed by atoms with Crippen LogP contribution in [0.5, 0.6) is 5.75 Å². The van der Waals surface area contributed by atoms with E-state index in [1.165, 1.54) is 37.8 Å². The minimum absolute atomic E-state index is 0.284. The van der Waals surface area contributed by atoms with Crippen molar-refractivity contribution in [2.75, 3.05) is 26.2 Å². The monoisotopic (exact) mass is 324 g/mol. The van der Waals surface area contributed by atoms with Crippen molar-refractivity contribution in [3.8, 4) is 5.75 Å². The van der Waals surface area contributed by atoms with Crippen LogP contribution in [0.3, 0.4) is 0 Å². The molecule has 2 N–H and O–H groups in total. The molecule has 22 heavy (non-hydrogen) atoms. The van der Waals surface area contributed by atoms with Crippen molar-refractivity contribution in [2.45, 2.75) is 51.5 Å². The molecule has 1 aromatic carbocycles. The Morgan fingerprint density at radius 3 is 2.86 bits per heavy atom. The van der Waals surface area contributed by atoms with Crippen LogP contribution in [0, 0.1) is 0 Å². The van der Waals surface area contributed by atoms with E-state index in [1.807, 2.05) is 25.1 Å². The van der Waals surface area contributed by atoms with Crippen molar-refractivity contribution in [3.63, 3.8) is 0 Å². The molecule has 1 fully saturated rings. The maximum atomic E-state index is 6.24. The number of benzene rings is 1. The van der Waals surface area contributed by atoms with E-state index >= 15 is 0 Å². The van der Waals surface area contributed by atoms with Crippen molar-refractivity contribution in [2.24, 2.45) is 5.73 Å². The lowest BCUT2D eigenvalue weighted by molar-refractivity contribution is 0.125. The van der Waals surface area contributed by atoms with E-state index in [0.29, 0.717) is 19.2 Å². The summed E-state index contributed by atoms with van der Waals surface area (Å²) in [7, 11) is 0. The van der Waals surface area contributed by atoms with Gasteiger partial charge < -0.3 is 10.5 Å².